The largest absolute Gasteiger partial charge is 0.448 e. The summed E-state index contributed by atoms with van der Waals surface area (Å²) >= 11 is 0. The summed E-state index contributed by atoms with van der Waals surface area (Å²) in [6, 6.07) is 25.1. The van der Waals surface area contributed by atoms with E-state index in [-0.39, 0.29) is 33.8 Å². The topological polar surface area (TPSA) is 140 Å². The van der Waals surface area contributed by atoms with E-state index in [0.29, 0.717) is 11.8 Å². The smallest absolute Gasteiger partial charge is 0.338 e. The maximum atomic E-state index is 13.8. The molecule has 2 aromatic heterocycles. The molecule has 232 valence electrons. The van der Waals surface area contributed by atoms with Gasteiger partial charge in [0.2, 0.25) is 5.78 Å². The molecule has 4 atom stereocenters. The van der Waals surface area contributed by atoms with Gasteiger partial charge >= 0.3 is 11.9 Å². The highest BCUT2D eigenvalue weighted by Gasteiger charge is 2.78. The molecule has 0 N–H and O–H groups in total. The summed E-state index contributed by atoms with van der Waals surface area (Å²) < 4.78 is 20.5. The number of rotatable bonds is 8. The Morgan fingerprint density at radius 2 is 1.20 bits per heavy atom. The number of benzene rings is 3. The molecule has 0 unspecified atom stereocenters. The molecule has 0 aliphatic carbocycles. The van der Waals surface area contributed by atoms with Crippen LogP contribution in [0.25, 0.3) is 11.2 Å². The van der Waals surface area contributed by atoms with Crippen molar-refractivity contribution in [2.24, 2.45) is 0 Å². The van der Waals surface area contributed by atoms with E-state index < -0.39 is 34.5 Å². The zero-order chi connectivity index (χ0) is 32.7. The number of esters is 2. The average molecular weight is 619 g/mol. The molecule has 1 aliphatic rings. The Morgan fingerprint density at radius 1 is 0.696 bits per heavy atom. The second kappa shape index (κ2) is 11.1. The molecule has 0 spiro atoms. The molecule has 11 nitrogen and oxygen atoms in total. The Hall–Kier alpha value is -5.55. The molecule has 1 fully saturated rings. The molecular weight excluding hydrogens is 588 g/mol. The van der Waals surface area contributed by atoms with Gasteiger partial charge in [-0.25, -0.2) is 24.5 Å². The van der Waals surface area contributed by atoms with Gasteiger partial charge < -0.3 is 14.2 Å². The molecule has 3 heterocycles. The van der Waals surface area contributed by atoms with Crippen LogP contribution in [0.4, 0.5) is 0 Å². The second-order valence-electron chi connectivity index (χ2n) is 11.6. The fourth-order valence-corrected chi connectivity index (χ4v) is 6.01. The number of hydrogen-bond donors (Lipinski definition) is 0. The van der Waals surface area contributed by atoms with Crippen LogP contribution in [0.15, 0.2) is 104 Å². The van der Waals surface area contributed by atoms with Gasteiger partial charge in [-0.05, 0) is 52.0 Å². The van der Waals surface area contributed by atoms with Crippen LogP contribution in [-0.2, 0) is 24.7 Å². The molecule has 1 saturated heterocycles. The summed E-state index contributed by atoms with van der Waals surface area (Å²) in [5, 5.41) is 0. The van der Waals surface area contributed by atoms with Crippen molar-refractivity contribution < 1.29 is 33.4 Å². The number of carbonyl (C=O) groups excluding carboxylic acids is 4. The van der Waals surface area contributed by atoms with Crippen LogP contribution in [0.1, 0.15) is 64.5 Å². The van der Waals surface area contributed by atoms with Gasteiger partial charge in [0.25, 0.3) is 0 Å². The predicted molar refractivity (Wildman–Crippen MR) is 165 cm³/mol. The number of carbonyl (C=O) groups is 4. The lowest BCUT2D eigenvalue weighted by atomic mass is 9.72. The molecule has 5 aromatic rings. The SMILES string of the molecule is C[C@]1(OC(=O)c2ccccc2)[C@@](C)(OC(=O)c2ccccc2)[C@](C)(n2cnc3c(C(=O)c4ccccc4)ncnc32)O[C@]1(C)C=O. The van der Waals surface area contributed by atoms with Gasteiger partial charge in [0, 0.05) is 5.56 Å². The average Bonchev–Trinajstić information content (AvgIpc) is 3.58. The zero-order valence-corrected chi connectivity index (χ0v) is 25.5. The highest BCUT2D eigenvalue weighted by Crippen LogP contribution is 2.58. The molecule has 11 heteroatoms. The third-order valence-corrected chi connectivity index (χ3v) is 9.04. The third-order valence-electron chi connectivity index (χ3n) is 9.04. The number of hydrogen-bond acceptors (Lipinski definition) is 10. The van der Waals surface area contributed by atoms with Crippen LogP contribution >= 0.6 is 0 Å². The van der Waals surface area contributed by atoms with Gasteiger partial charge in [0.15, 0.2) is 34.5 Å². The molecular formula is C35H30N4O7. The first-order valence-corrected chi connectivity index (χ1v) is 14.5. The van der Waals surface area contributed by atoms with Crippen molar-refractivity contribution in [3.05, 3.63) is 126 Å². The molecule has 0 bridgehead atoms. The number of ether oxygens (including phenoxy) is 3. The van der Waals surface area contributed by atoms with Gasteiger partial charge in [0.1, 0.15) is 17.5 Å². The fourth-order valence-electron chi connectivity index (χ4n) is 6.01. The maximum Gasteiger partial charge on any atom is 0.338 e. The molecule has 0 radical (unpaired) electrons. The number of ketones is 1. The van der Waals surface area contributed by atoms with Gasteiger partial charge in [-0.1, -0.05) is 66.7 Å². The van der Waals surface area contributed by atoms with Crippen LogP contribution in [-0.4, -0.2) is 60.3 Å². The van der Waals surface area contributed by atoms with Gasteiger partial charge in [-0.2, -0.15) is 0 Å². The van der Waals surface area contributed by atoms with Gasteiger partial charge in [-0.3, -0.25) is 14.2 Å². The summed E-state index contributed by atoms with van der Waals surface area (Å²) in [4.78, 5) is 67.0. The molecule has 0 saturated carbocycles. The second-order valence-corrected chi connectivity index (χ2v) is 11.6. The Bertz CT molecular complexity index is 1970. The zero-order valence-electron chi connectivity index (χ0n) is 25.5. The molecule has 1 aliphatic heterocycles. The monoisotopic (exact) mass is 618 g/mol. The standard InChI is InChI=1S/C35H30N4O7/c1-32(20-40)33(2,44-30(42)24-16-10-6-11-17-24)34(3,45-31(43)25-18-12-7-13-19-25)35(4,46-32)39-22-38-27-26(36-21-37-29(27)39)28(41)23-14-8-5-9-15-23/h5-22H,1-4H3/t32-,33-,34-,35-/m1/s1. The van der Waals surface area contributed by atoms with E-state index in [1.807, 2.05) is 0 Å². The summed E-state index contributed by atoms with van der Waals surface area (Å²) in [6.45, 7) is 6.06. The van der Waals surface area contributed by atoms with Gasteiger partial charge in [0.05, 0.1) is 17.5 Å². The molecule has 0 amide bonds. The van der Waals surface area contributed by atoms with Crippen molar-refractivity contribution in [2.75, 3.05) is 0 Å². The summed E-state index contributed by atoms with van der Waals surface area (Å²) in [6.07, 6.45) is 3.10. The highest BCUT2D eigenvalue weighted by atomic mass is 16.7. The highest BCUT2D eigenvalue weighted by molar-refractivity contribution is 6.13. The van der Waals surface area contributed by atoms with E-state index in [0.717, 1.165) is 0 Å². The number of imidazole rings is 1. The van der Waals surface area contributed by atoms with Crippen molar-refractivity contribution >= 4 is 35.2 Å². The molecule has 6 rings (SSSR count). The minimum Gasteiger partial charge on any atom is -0.448 e. The van der Waals surface area contributed by atoms with Crippen LogP contribution in [0.5, 0.6) is 0 Å². The van der Waals surface area contributed by atoms with Crippen LogP contribution < -0.4 is 0 Å². The van der Waals surface area contributed by atoms with Crippen molar-refractivity contribution in [1.29, 1.82) is 0 Å². The van der Waals surface area contributed by atoms with E-state index in [1.54, 1.807) is 97.9 Å². The predicted octanol–water partition coefficient (Wildman–Crippen LogP) is 4.95. The third kappa shape index (κ3) is 4.50. The molecule has 3 aromatic carbocycles. The van der Waals surface area contributed by atoms with Crippen molar-refractivity contribution in [2.45, 2.75) is 50.2 Å². The minimum atomic E-state index is -1.93. The van der Waals surface area contributed by atoms with E-state index in [4.69, 9.17) is 14.2 Å². The first-order chi connectivity index (χ1) is 22.0. The maximum absolute atomic E-state index is 13.8. The first-order valence-electron chi connectivity index (χ1n) is 14.5. The number of aldehydes is 1. The Labute approximate surface area is 264 Å². The lowest BCUT2D eigenvalue weighted by Crippen LogP contribution is -2.66. The number of aromatic nitrogens is 4. The Balaban J connectivity index is 1.54. The minimum absolute atomic E-state index is 0.0379. The molecule has 46 heavy (non-hydrogen) atoms. The summed E-state index contributed by atoms with van der Waals surface area (Å²) in [5.74, 6) is -1.90. The van der Waals surface area contributed by atoms with Crippen molar-refractivity contribution in [3.8, 4) is 0 Å². The van der Waals surface area contributed by atoms with Crippen LogP contribution in [0.2, 0.25) is 0 Å². The van der Waals surface area contributed by atoms with Gasteiger partial charge in [-0.15, -0.1) is 0 Å². The number of nitrogens with zero attached hydrogens (tertiary/aromatic N) is 4. The Morgan fingerprint density at radius 3 is 1.72 bits per heavy atom. The van der Waals surface area contributed by atoms with Crippen LogP contribution in [0, 0.1) is 0 Å². The lowest BCUT2D eigenvalue weighted by molar-refractivity contribution is -0.190. The van der Waals surface area contributed by atoms with E-state index >= 15 is 0 Å². The normalized spacial score (nSPS) is 25.6. The number of fused-ring (bicyclic) bond motifs is 1. The Kier molecular flexibility index (Phi) is 7.36. The van der Waals surface area contributed by atoms with E-state index in [1.165, 1.54) is 38.0 Å². The van der Waals surface area contributed by atoms with Crippen molar-refractivity contribution in [3.63, 3.8) is 0 Å². The first kappa shape index (κ1) is 30.5. The summed E-state index contributed by atoms with van der Waals surface area (Å²) in [7, 11) is 0. The summed E-state index contributed by atoms with van der Waals surface area (Å²) in [5.41, 5.74) is -6.34. The quantitative estimate of drug-likeness (QED) is 0.133. The fraction of sp³-hybridized carbons (Fsp3) is 0.229. The van der Waals surface area contributed by atoms with E-state index in [2.05, 4.69) is 15.0 Å². The lowest BCUT2D eigenvalue weighted by Gasteiger charge is -2.46. The van der Waals surface area contributed by atoms with E-state index in [9.17, 15) is 19.2 Å². The van der Waals surface area contributed by atoms with Crippen LogP contribution in [0.3, 0.4) is 0 Å². The van der Waals surface area contributed by atoms with Crippen molar-refractivity contribution in [1.82, 2.24) is 19.5 Å².